The number of halogens is 1. The van der Waals surface area contributed by atoms with Crippen LogP contribution in [0.15, 0.2) is 48.5 Å². The van der Waals surface area contributed by atoms with Crippen molar-refractivity contribution in [3.05, 3.63) is 64.7 Å². The van der Waals surface area contributed by atoms with E-state index in [9.17, 15) is 14.4 Å². The van der Waals surface area contributed by atoms with Crippen LogP contribution in [-0.2, 0) is 16.0 Å². The summed E-state index contributed by atoms with van der Waals surface area (Å²) in [7, 11) is 0. The number of carboxylic acids is 1. The molecule has 0 spiro atoms. The summed E-state index contributed by atoms with van der Waals surface area (Å²) in [4.78, 5) is 35.8. The molecular weight excluding hydrogens is 368 g/mol. The Bertz CT molecular complexity index is 824. The number of carbonyl (C=O) groups excluding carboxylic acids is 2. The normalized spacial score (nSPS) is 11.5. The minimum absolute atomic E-state index is 0.0282. The van der Waals surface area contributed by atoms with Gasteiger partial charge in [0, 0.05) is 5.69 Å². The molecule has 2 aromatic rings. The van der Waals surface area contributed by atoms with Gasteiger partial charge in [-0.15, -0.1) is 0 Å². The third-order valence-corrected chi connectivity index (χ3v) is 4.22. The Balaban J connectivity index is 2.02. The largest absolute Gasteiger partial charge is 0.478 e. The van der Waals surface area contributed by atoms with Crippen LogP contribution in [0.2, 0.25) is 5.02 Å². The molecule has 27 heavy (non-hydrogen) atoms. The molecule has 7 heteroatoms. The molecule has 2 amide bonds. The fourth-order valence-corrected chi connectivity index (χ4v) is 2.84. The van der Waals surface area contributed by atoms with Gasteiger partial charge >= 0.3 is 5.97 Å². The van der Waals surface area contributed by atoms with E-state index in [0.29, 0.717) is 18.5 Å². The summed E-state index contributed by atoms with van der Waals surface area (Å²) in [5, 5.41) is 14.5. The van der Waals surface area contributed by atoms with E-state index in [1.54, 1.807) is 0 Å². The Morgan fingerprint density at radius 1 is 1.11 bits per heavy atom. The average molecular weight is 389 g/mol. The molecule has 0 aliphatic carbocycles. The van der Waals surface area contributed by atoms with E-state index >= 15 is 0 Å². The van der Waals surface area contributed by atoms with Crippen molar-refractivity contribution in [2.75, 3.05) is 5.32 Å². The molecule has 2 aromatic carbocycles. The van der Waals surface area contributed by atoms with E-state index < -0.39 is 12.0 Å². The quantitative estimate of drug-likeness (QED) is 0.644. The van der Waals surface area contributed by atoms with Gasteiger partial charge in [-0.3, -0.25) is 9.59 Å². The first kappa shape index (κ1) is 20.5. The molecule has 0 aliphatic rings. The maximum atomic E-state index is 12.5. The van der Waals surface area contributed by atoms with Crippen LogP contribution in [0.25, 0.3) is 0 Å². The van der Waals surface area contributed by atoms with Crippen molar-refractivity contribution in [1.82, 2.24) is 5.32 Å². The first-order chi connectivity index (χ1) is 12.9. The second-order valence-corrected chi connectivity index (χ2v) is 6.47. The minimum Gasteiger partial charge on any atom is -0.478 e. The predicted octanol–water partition coefficient (Wildman–Crippen LogP) is 3.50. The van der Waals surface area contributed by atoms with Gasteiger partial charge in [-0.05, 0) is 30.2 Å². The summed E-state index contributed by atoms with van der Waals surface area (Å²) in [6.45, 7) is 1.92. The summed E-state index contributed by atoms with van der Waals surface area (Å²) < 4.78 is 0. The highest BCUT2D eigenvalue weighted by Crippen LogP contribution is 2.21. The molecular formula is C20H21ClN2O4. The van der Waals surface area contributed by atoms with Crippen molar-refractivity contribution in [3.8, 4) is 0 Å². The van der Waals surface area contributed by atoms with Crippen molar-refractivity contribution in [3.63, 3.8) is 0 Å². The first-order valence-electron chi connectivity index (χ1n) is 8.57. The lowest BCUT2D eigenvalue weighted by molar-refractivity contribution is -0.126. The average Bonchev–Trinajstić information content (AvgIpc) is 2.62. The zero-order chi connectivity index (χ0) is 19.8. The molecule has 0 fully saturated rings. The number of nitrogens with one attached hydrogen (secondary N) is 2. The number of aromatic carboxylic acids is 1. The Hall–Kier alpha value is -2.86. The van der Waals surface area contributed by atoms with Gasteiger partial charge in [-0.2, -0.15) is 0 Å². The molecule has 0 radical (unpaired) electrons. The molecule has 0 bridgehead atoms. The predicted molar refractivity (Wildman–Crippen MR) is 104 cm³/mol. The summed E-state index contributed by atoms with van der Waals surface area (Å²) in [5.74, 6) is -1.76. The summed E-state index contributed by atoms with van der Waals surface area (Å²) in [5.41, 5.74) is 1.19. The number of carboxylic acid groups (broad SMARTS) is 1. The van der Waals surface area contributed by atoms with Crippen LogP contribution in [0.3, 0.4) is 0 Å². The maximum absolute atomic E-state index is 12.5. The van der Waals surface area contributed by atoms with Crippen LogP contribution in [0, 0.1) is 0 Å². The highest BCUT2D eigenvalue weighted by Gasteiger charge is 2.20. The second-order valence-electron chi connectivity index (χ2n) is 6.06. The molecule has 0 heterocycles. The zero-order valence-electron chi connectivity index (χ0n) is 14.9. The van der Waals surface area contributed by atoms with Crippen LogP contribution in [0.4, 0.5) is 5.69 Å². The molecule has 142 valence electrons. The maximum Gasteiger partial charge on any atom is 0.337 e. The zero-order valence-corrected chi connectivity index (χ0v) is 15.6. The fraction of sp³-hybridized carbons (Fsp3) is 0.250. The van der Waals surface area contributed by atoms with E-state index in [1.807, 2.05) is 37.3 Å². The van der Waals surface area contributed by atoms with Gasteiger partial charge in [0.2, 0.25) is 11.8 Å². The number of hydrogen-bond donors (Lipinski definition) is 3. The van der Waals surface area contributed by atoms with Gasteiger partial charge in [0.1, 0.15) is 6.04 Å². The van der Waals surface area contributed by atoms with Crippen LogP contribution in [0.1, 0.15) is 35.7 Å². The molecule has 1 unspecified atom stereocenters. The Morgan fingerprint density at radius 3 is 2.41 bits per heavy atom. The number of hydrogen-bond acceptors (Lipinski definition) is 3. The van der Waals surface area contributed by atoms with Crippen molar-refractivity contribution >= 4 is 35.1 Å². The van der Waals surface area contributed by atoms with Crippen LogP contribution < -0.4 is 10.6 Å². The van der Waals surface area contributed by atoms with E-state index in [1.165, 1.54) is 18.2 Å². The molecule has 2 rings (SSSR count). The summed E-state index contributed by atoms with van der Waals surface area (Å²) in [6.07, 6.45) is 1.38. The topological polar surface area (TPSA) is 95.5 Å². The lowest BCUT2D eigenvalue weighted by Crippen LogP contribution is -2.44. The molecule has 1 atom stereocenters. The van der Waals surface area contributed by atoms with Crippen molar-refractivity contribution in [2.24, 2.45) is 0 Å². The smallest absolute Gasteiger partial charge is 0.337 e. The Morgan fingerprint density at radius 2 is 1.81 bits per heavy atom. The van der Waals surface area contributed by atoms with Crippen LogP contribution in [0.5, 0.6) is 0 Å². The Labute approximate surface area is 162 Å². The lowest BCUT2D eigenvalue weighted by atomic mass is 10.1. The number of benzene rings is 2. The molecule has 3 N–H and O–H groups in total. The highest BCUT2D eigenvalue weighted by molar-refractivity contribution is 6.33. The fourth-order valence-electron chi connectivity index (χ4n) is 2.58. The summed E-state index contributed by atoms with van der Waals surface area (Å²) >= 11 is 5.92. The minimum atomic E-state index is -1.14. The van der Waals surface area contributed by atoms with Crippen molar-refractivity contribution in [2.45, 2.75) is 32.2 Å². The summed E-state index contributed by atoms with van der Waals surface area (Å²) in [6, 6.07) is 12.7. The highest BCUT2D eigenvalue weighted by atomic mass is 35.5. The monoisotopic (exact) mass is 388 g/mol. The number of anilines is 1. The first-order valence-corrected chi connectivity index (χ1v) is 8.95. The van der Waals surface area contributed by atoms with Gasteiger partial charge in [-0.1, -0.05) is 55.3 Å². The van der Waals surface area contributed by atoms with Gasteiger partial charge in [0.15, 0.2) is 0 Å². The molecule has 0 saturated heterocycles. The van der Waals surface area contributed by atoms with Gasteiger partial charge in [-0.25, -0.2) is 4.79 Å². The number of carbonyl (C=O) groups is 3. The van der Waals surface area contributed by atoms with Gasteiger partial charge in [0.25, 0.3) is 0 Å². The number of amides is 2. The number of rotatable bonds is 8. The SMILES string of the molecule is CCCC(NC(=O)Cc1ccccc1)C(=O)Nc1ccc(C(=O)O)c(Cl)c1. The third-order valence-electron chi connectivity index (χ3n) is 3.90. The van der Waals surface area contributed by atoms with Crippen molar-refractivity contribution in [1.29, 1.82) is 0 Å². The van der Waals surface area contributed by atoms with E-state index in [4.69, 9.17) is 16.7 Å². The molecule has 6 nitrogen and oxygen atoms in total. The van der Waals surface area contributed by atoms with Crippen LogP contribution >= 0.6 is 11.6 Å². The second kappa shape index (κ2) is 9.73. The van der Waals surface area contributed by atoms with Gasteiger partial charge in [0.05, 0.1) is 17.0 Å². The van der Waals surface area contributed by atoms with Gasteiger partial charge < -0.3 is 15.7 Å². The lowest BCUT2D eigenvalue weighted by Gasteiger charge is -2.18. The Kier molecular flexibility index (Phi) is 7.37. The van der Waals surface area contributed by atoms with Crippen LogP contribution in [-0.4, -0.2) is 28.9 Å². The van der Waals surface area contributed by atoms with E-state index in [0.717, 1.165) is 5.56 Å². The molecule has 0 aromatic heterocycles. The molecule has 0 saturated carbocycles. The van der Waals surface area contributed by atoms with Crippen molar-refractivity contribution < 1.29 is 19.5 Å². The third kappa shape index (κ3) is 6.11. The van der Waals surface area contributed by atoms with E-state index in [2.05, 4.69) is 10.6 Å². The van der Waals surface area contributed by atoms with E-state index in [-0.39, 0.29) is 28.8 Å². The molecule has 0 aliphatic heterocycles. The standard InChI is InChI=1S/C20H21ClN2O4/c1-2-6-17(23-18(24)11-13-7-4-3-5-8-13)19(25)22-14-9-10-15(20(26)27)16(21)12-14/h3-5,7-10,12,17H,2,6,11H2,1H3,(H,22,25)(H,23,24)(H,26,27).